The van der Waals surface area contributed by atoms with Crippen LogP contribution < -0.4 is 109 Å². The lowest BCUT2D eigenvalue weighted by Gasteiger charge is -2.29. The lowest BCUT2D eigenvalue weighted by Crippen LogP contribution is -2.61. The number of hydrogen-bond acceptors (Lipinski definition) is 20. The number of carboxylic acid groups (broad SMARTS) is 2. The molecule has 28 N–H and O–H groups in total. The Morgan fingerprint density at radius 3 is 1.22 bits per heavy atom. The van der Waals surface area contributed by atoms with E-state index in [2.05, 4.69) is 84.4 Å². The number of primary amides is 1. The Morgan fingerprint density at radius 2 is 0.783 bits per heavy atom. The number of amides is 14. The molecule has 40 heteroatoms. The van der Waals surface area contributed by atoms with Crippen LogP contribution in [0.5, 0.6) is 0 Å². The van der Waals surface area contributed by atoms with Crippen LogP contribution >= 0.6 is 0 Å². The van der Waals surface area contributed by atoms with Gasteiger partial charge in [0.05, 0.1) is 32.0 Å². The fourth-order valence-electron chi connectivity index (χ4n) is 10.8. The maximum Gasteiger partial charge on any atom is 0.305 e. The largest absolute Gasteiger partial charge is 0.481 e. The predicted molar refractivity (Wildman–Crippen MR) is 388 cm³/mol. The molecule has 1 heterocycles. The van der Waals surface area contributed by atoms with E-state index in [9.17, 15) is 86.9 Å². The van der Waals surface area contributed by atoms with Gasteiger partial charge in [0.1, 0.15) is 66.5 Å². The normalized spacial score (nSPS) is 15.7. The van der Waals surface area contributed by atoms with Gasteiger partial charge in [0.25, 0.3) is 0 Å². The van der Waals surface area contributed by atoms with Crippen molar-refractivity contribution in [2.24, 2.45) is 74.0 Å². The van der Waals surface area contributed by atoms with Gasteiger partial charge in [0.15, 0.2) is 11.9 Å². The lowest BCUT2D eigenvalue weighted by atomic mass is 9.99. The molecule has 1 aliphatic rings. The first-order valence-corrected chi connectivity index (χ1v) is 35.7. The Balaban J connectivity index is 3.39. The van der Waals surface area contributed by atoms with Crippen molar-refractivity contribution < 1.29 is 86.9 Å². The minimum Gasteiger partial charge on any atom is -0.481 e. The topological polar surface area (TPSA) is 663 Å². The fraction of sp³-hybridized carbons (Fsp3) is 0.727. The summed E-state index contributed by atoms with van der Waals surface area (Å²) in [5.74, 6) is -18.4. The van der Waals surface area contributed by atoms with Crippen molar-refractivity contribution in [3.63, 3.8) is 0 Å². The van der Waals surface area contributed by atoms with Gasteiger partial charge < -0.3 is 119 Å². The number of carbonyl (C=O) groups is 16. The molecule has 0 radical (unpaired) electrons. The third-order valence-electron chi connectivity index (χ3n) is 16.3. The van der Waals surface area contributed by atoms with Gasteiger partial charge in [0.2, 0.25) is 82.7 Å². The van der Waals surface area contributed by atoms with E-state index in [-0.39, 0.29) is 101 Å². The molecule has 0 spiro atoms. The van der Waals surface area contributed by atoms with Gasteiger partial charge in [-0.15, -0.1) is 0 Å². The van der Waals surface area contributed by atoms with Gasteiger partial charge in [-0.25, -0.2) is 0 Å². The molecule has 1 rings (SSSR count). The molecule has 106 heavy (non-hydrogen) atoms. The molecule has 0 aromatic rings. The fourth-order valence-corrected chi connectivity index (χ4v) is 10.8. The van der Waals surface area contributed by atoms with Crippen molar-refractivity contribution in [1.29, 1.82) is 0 Å². The van der Waals surface area contributed by atoms with E-state index in [1.807, 2.05) is 13.8 Å². The average molecular weight is 1510 g/mol. The Bertz CT molecular complexity index is 3040. The van der Waals surface area contributed by atoms with Gasteiger partial charge >= 0.3 is 11.9 Å². The van der Waals surface area contributed by atoms with Crippen LogP contribution in [-0.4, -0.2) is 229 Å². The highest BCUT2D eigenvalue weighted by Gasteiger charge is 2.38. The van der Waals surface area contributed by atoms with Crippen molar-refractivity contribution in [2.45, 2.75) is 239 Å². The maximum atomic E-state index is 14.3. The molecule has 0 aliphatic carbocycles. The van der Waals surface area contributed by atoms with E-state index in [1.54, 1.807) is 41.5 Å². The van der Waals surface area contributed by atoms with Crippen LogP contribution in [0.15, 0.2) is 9.98 Å². The number of aliphatic imine (C=N–C) groups is 2. The molecule has 0 unspecified atom stereocenters. The Kier molecular flexibility index (Phi) is 43.4. The van der Waals surface area contributed by atoms with Gasteiger partial charge in [0, 0.05) is 13.1 Å². The van der Waals surface area contributed by atoms with Crippen molar-refractivity contribution in [1.82, 2.24) is 74.4 Å². The summed E-state index contributed by atoms with van der Waals surface area (Å²) >= 11 is 0. The smallest absolute Gasteiger partial charge is 0.305 e. The monoisotopic (exact) mass is 1510 g/mol. The molecule has 0 saturated carbocycles. The van der Waals surface area contributed by atoms with E-state index >= 15 is 0 Å². The number of nitrogens with zero attached hydrogens (tertiary/aromatic N) is 2. The molecule has 12 atom stereocenters. The predicted octanol–water partition coefficient (Wildman–Crippen LogP) is -6.56. The quantitative estimate of drug-likeness (QED) is 0.0153. The number of carboxylic acids is 2. The summed E-state index contributed by atoms with van der Waals surface area (Å²) in [6.45, 7) is 17.6. The minimum absolute atomic E-state index is 0.00443. The second-order valence-corrected chi connectivity index (χ2v) is 28.1. The van der Waals surface area contributed by atoms with Crippen molar-refractivity contribution in [3.05, 3.63) is 0 Å². The number of guanidine groups is 2. The average Bonchev–Trinajstić information content (AvgIpc) is 0.914. The second kappa shape index (κ2) is 48.9. The zero-order valence-corrected chi connectivity index (χ0v) is 62.7. The van der Waals surface area contributed by atoms with Crippen molar-refractivity contribution in [2.75, 3.05) is 39.3 Å². The van der Waals surface area contributed by atoms with Crippen LogP contribution in [0.4, 0.5) is 0 Å². The van der Waals surface area contributed by atoms with Crippen LogP contribution in [0.25, 0.3) is 0 Å². The molecule has 1 saturated heterocycles. The Labute approximate surface area is 617 Å². The number of unbranched alkanes of at least 4 members (excludes halogenated alkanes) is 1. The summed E-state index contributed by atoms with van der Waals surface area (Å²) in [6.07, 6.45) is 0.190. The van der Waals surface area contributed by atoms with Gasteiger partial charge in [-0.3, -0.25) is 86.7 Å². The summed E-state index contributed by atoms with van der Waals surface area (Å²) < 4.78 is 0. The molecule has 1 fully saturated rings. The number of rotatable bonds is 51. The molecular weight excluding hydrogens is 1390 g/mol. The molecule has 0 aromatic carbocycles. The molecule has 0 bridgehead atoms. The SMILES string of the molecule is CC(C)C[C@H](NC(=O)[C@@H]1CCCN1)C(=O)NCC(=O)NCC(=O)N[C@@H](CCCCN)C(=O)N[C@@H](CCCN=C(N)N)C(=O)N[C@@H](C)C(=O)N[C@H](C(=O)N[C@@H](CC(C)C)C(=O)N[C@@H](CC(=O)O)C(=O)N[C@@H](CC(C)C)C(=O)N[C@@H](CC(=O)O)C(=O)N[C@H](C(=O)N[C@@H](CCCN=C(N)N)C(N)=O)C(C)C)C(C)C. The molecule has 600 valence electrons. The van der Waals surface area contributed by atoms with Gasteiger partial charge in [-0.1, -0.05) is 69.2 Å². The molecule has 0 aromatic heterocycles. The number of aliphatic carboxylic acids is 2. The van der Waals surface area contributed by atoms with Crippen molar-refractivity contribution in [3.8, 4) is 0 Å². The summed E-state index contributed by atoms with van der Waals surface area (Å²) in [4.78, 5) is 223. The number of nitrogens with two attached hydrogens (primary N) is 6. The van der Waals surface area contributed by atoms with Crippen LogP contribution in [0.3, 0.4) is 0 Å². The first kappa shape index (κ1) is 94.0. The molecule has 1 aliphatic heterocycles. The third-order valence-corrected chi connectivity index (χ3v) is 16.3. The maximum absolute atomic E-state index is 14.3. The van der Waals surface area contributed by atoms with Crippen LogP contribution in [0, 0.1) is 29.6 Å². The second-order valence-electron chi connectivity index (χ2n) is 28.1. The first-order valence-electron chi connectivity index (χ1n) is 35.7. The summed E-state index contributed by atoms with van der Waals surface area (Å²) in [6, 6.07) is -16.6. The summed E-state index contributed by atoms with van der Waals surface area (Å²) in [7, 11) is 0. The third kappa shape index (κ3) is 38.1. The van der Waals surface area contributed by atoms with E-state index in [4.69, 9.17) is 34.4 Å². The number of nitrogens with one attached hydrogen (secondary N) is 14. The zero-order valence-electron chi connectivity index (χ0n) is 62.7. The molecular formula is C66H118N22O18. The summed E-state index contributed by atoms with van der Waals surface area (Å²) in [5.41, 5.74) is 33.0. The summed E-state index contributed by atoms with van der Waals surface area (Å²) in [5, 5.41) is 55.1. The minimum atomic E-state index is -1.95. The first-order chi connectivity index (χ1) is 49.6. The van der Waals surface area contributed by atoms with Crippen LogP contribution in [-0.2, 0) is 76.7 Å². The van der Waals surface area contributed by atoms with Gasteiger partial charge in [-0.05, 0) is 127 Å². The van der Waals surface area contributed by atoms with Crippen molar-refractivity contribution >= 4 is 107 Å². The van der Waals surface area contributed by atoms with E-state index < -0.39 is 205 Å². The molecule has 40 nitrogen and oxygen atoms in total. The number of hydrogen-bond donors (Lipinski definition) is 22. The highest BCUT2D eigenvalue weighted by Crippen LogP contribution is 2.15. The van der Waals surface area contributed by atoms with Crippen LogP contribution in [0.1, 0.15) is 166 Å². The van der Waals surface area contributed by atoms with Gasteiger partial charge in [-0.2, -0.15) is 0 Å². The lowest BCUT2D eigenvalue weighted by molar-refractivity contribution is -0.142. The molecule has 14 amide bonds. The Morgan fingerprint density at radius 1 is 0.406 bits per heavy atom. The highest BCUT2D eigenvalue weighted by molar-refractivity contribution is 6.01. The standard InChI is InChI=1S/C66H118N22O18/c1-32(2)25-42(82-56(98)39-19-15-22-73-39)55(97)77-30-47(89)76-31-48(90)79-40(17-12-13-21-67)58(100)81-41(20-16-24-75-66(71)72)57(99)78-37(11)54(96)87-51(35(7)8)64(106)86-44(27-34(5)6)60(102)84-45(28-49(91)92)61(103)83-43(26-33(3)4)59(101)85-46(29-50(93)94)62(104)88-52(36(9)10)63(105)80-38(53(68)95)18-14-23-74-65(69)70/h32-46,51-52,73H,12-31,67H2,1-11H3,(H2,68,95)(H,76,89)(H,77,97)(H,78,99)(H,79,90)(H,80,105)(H,81,100)(H,82,98)(H,83,103)(H,84,102)(H,85,101)(H,86,106)(H,87,96)(H,88,104)(H,91,92)(H,93,94)(H4,69,70,74)(H4,71,72,75)/t37-,38-,39-,40-,41-,42-,43-,44-,45-,46-,51-,52-/m0/s1. The van der Waals surface area contributed by atoms with E-state index in [1.165, 1.54) is 20.8 Å². The van der Waals surface area contributed by atoms with Crippen LogP contribution in [0.2, 0.25) is 0 Å². The van der Waals surface area contributed by atoms with E-state index in [0.717, 1.165) is 6.42 Å². The zero-order chi connectivity index (χ0) is 80.7. The highest BCUT2D eigenvalue weighted by atomic mass is 16.4. The Hall–Kier alpha value is -10.0. The number of carbonyl (C=O) groups excluding carboxylic acids is 14. The van der Waals surface area contributed by atoms with E-state index in [0.29, 0.717) is 25.8 Å².